The number of benzene rings is 2. The van der Waals surface area contributed by atoms with E-state index in [1.54, 1.807) is 4.90 Å². The molecule has 6 heteroatoms. The molecule has 1 aliphatic rings. The first kappa shape index (κ1) is 19.5. The van der Waals surface area contributed by atoms with E-state index in [9.17, 15) is 4.79 Å². The molecule has 1 amide bonds. The first-order valence-corrected chi connectivity index (χ1v) is 10.0. The molecule has 0 saturated carbocycles. The van der Waals surface area contributed by atoms with Gasteiger partial charge in [0.05, 0.1) is 11.5 Å². The van der Waals surface area contributed by atoms with Crippen LogP contribution in [0.15, 0.2) is 53.4 Å². The van der Waals surface area contributed by atoms with Crippen LogP contribution in [0.5, 0.6) is 11.5 Å². The van der Waals surface area contributed by atoms with Crippen molar-refractivity contribution in [3.63, 3.8) is 0 Å². The average Bonchev–Trinajstić information content (AvgIpc) is 2.95. The molecule has 0 spiro atoms. The second-order valence-electron chi connectivity index (χ2n) is 5.84. The van der Waals surface area contributed by atoms with Gasteiger partial charge in [-0.1, -0.05) is 60.4 Å². The van der Waals surface area contributed by atoms with Crippen molar-refractivity contribution in [2.75, 3.05) is 13.2 Å². The number of thiocarbonyl (C=S) groups is 1. The summed E-state index contributed by atoms with van der Waals surface area (Å²) in [4.78, 5) is 14.6. The Labute approximate surface area is 169 Å². The molecule has 0 atom stereocenters. The third-order valence-electron chi connectivity index (χ3n) is 3.99. The SMILES string of the molecule is CCOc1cc(C=C2SC(=S)N(CC)C2=O)ccc1OCc1ccccc1. The number of carbonyl (C=O) groups excluding carboxylic acids is 1. The number of hydrogen-bond acceptors (Lipinski definition) is 5. The van der Waals surface area contributed by atoms with Crippen molar-refractivity contribution in [3.8, 4) is 11.5 Å². The van der Waals surface area contributed by atoms with Crippen LogP contribution in [-0.4, -0.2) is 28.3 Å². The zero-order chi connectivity index (χ0) is 19.2. The minimum atomic E-state index is -0.0464. The third kappa shape index (κ3) is 4.70. The molecule has 1 heterocycles. The highest BCUT2D eigenvalue weighted by Gasteiger charge is 2.30. The zero-order valence-corrected chi connectivity index (χ0v) is 16.9. The standard InChI is InChI=1S/C21H21NO3S2/c1-3-22-20(23)19(27-21(22)26)13-16-10-11-17(18(12-16)24-4-2)25-14-15-8-6-5-7-9-15/h5-13H,3-4,14H2,1-2H3. The van der Waals surface area contributed by atoms with E-state index < -0.39 is 0 Å². The molecule has 0 N–H and O–H groups in total. The van der Waals surface area contributed by atoms with Gasteiger partial charge in [0.25, 0.3) is 5.91 Å². The lowest BCUT2D eigenvalue weighted by Crippen LogP contribution is -2.27. The van der Waals surface area contributed by atoms with E-state index in [2.05, 4.69) is 0 Å². The summed E-state index contributed by atoms with van der Waals surface area (Å²) in [6.07, 6.45) is 1.85. The summed E-state index contributed by atoms with van der Waals surface area (Å²) in [5.74, 6) is 1.29. The second kappa shape index (κ2) is 9.06. The van der Waals surface area contributed by atoms with Crippen LogP contribution in [-0.2, 0) is 11.4 Å². The molecule has 2 aromatic carbocycles. The largest absolute Gasteiger partial charge is 0.490 e. The summed E-state index contributed by atoms with van der Waals surface area (Å²) in [6, 6.07) is 15.7. The van der Waals surface area contributed by atoms with Crippen molar-refractivity contribution < 1.29 is 14.3 Å². The fraction of sp³-hybridized carbons (Fsp3) is 0.238. The Kier molecular flexibility index (Phi) is 6.53. The molecule has 0 aliphatic carbocycles. The predicted octanol–water partition coefficient (Wildman–Crippen LogP) is 4.89. The molecular formula is C21H21NO3S2. The fourth-order valence-corrected chi connectivity index (χ4v) is 4.05. The van der Waals surface area contributed by atoms with Gasteiger partial charge in [0, 0.05) is 6.54 Å². The van der Waals surface area contributed by atoms with Crippen molar-refractivity contribution in [2.45, 2.75) is 20.5 Å². The van der Waals surface area contributed by atoms with Crippen LogP contribution in [0.3, 0.4) is 0 Å². The van der Waals surface area contributed by atoms with Crippen molar-refractivity contribution >= 4 is 40.3 Å². The quantitative estimate of drug-likeness (QED) is 0.490. The van der Waals surface area contributed by atoms with Crippen LogP contribution in [0, 0.1) is 0 Å². The maximum Gasteiger partial charge on any atom is 0.266 e. The summed E-state index contributed by atoms with van der Waals surface area (Å²) >= 11 is 6.59. The average molecular weight is 400 g/mol. The number of rotatable bonds is 7. The number of nitrogens with zero attached hydrogens (tertiary/aromatic N) is 1. The molecule has 140 valence electrons. The van der Waals surface area contributed by atoms with Crippen LogP contribution in [0.25, 0.3) is 6.08 Å². The van der Waals surface area contributed by atoms with Gasteiger partial charge >= 0.3 is 0 Å². The van der Waals surface area contributed by atoms with Crippen LogP contribution < -0.4 is 9.47 Å². The van der Waals surface area contributed by atoms with Gasteiger partial charge in [0.2, 0.25) is 0 Å². The lowest BCUT2D eigenvalue weighted by molar-refractivity contribution is -0.121. The lowest BCUT2D eigenvalue weighted by atomic mass is 10.1. The van der Waals surface area contributed by atoms with E-state index >= 15 is 0 Å². The molecule has 4 nitrogen and oxygen atoms in total. The molecule has 1 saturated heterocycles. The Morgan fingerprint density at radius 2 is 1.85 bits per heavy atom. The number of likely N-dealkylation sites (N-methyl/N-ethyl adjacent to an activating group) is 1. The Balaban J connectivity index is 1.80. The summed E-state index contributed by atoms with van der Waals surface area (Å²) in [5, 5.41) is 0. The predicted molar refractivity (Wildman–Crippen MR) is 114 cm³/mol. The Hall–Kier alpha value is -2.31. The van der Waals surface area contributed by atoms with Crippen LogP contribution in [0.4, 0.5) is 0 Å². The van der Waals surface area contributed by atoms with Crippen molar-refractivity contribution in [2.24, 2.45) is 0 Å². The topological polar surface area (TPSA) is 38.8 Å². The zero-order valence-electron chi connectivity index (χ0n) is 15.3. The minimum Gasteiger partial charge on any atom is -0.490 e. The molecular weight excluding hydrogens is 378 g/mol. The monoisotopic (exact) mass is 399 g/mol. The molecule has 1 fully saturated rings. The van der Waals surface area contributed by atoms with Crippen molar-refractivity contribution in [1.29, 1.82) is 0 Å². The third-order valence-corrected chi connectivity index (χ3v) is 5.37. The number of hydrogen-bond donors (Lipinski definition) is 0. The highest BCUT2D eigenvalue weighted by atomic mass is 32.2. The fourth-order valence-electron chi connectivity index (χ4n) is 2.66. The second-order valence-corrected chi connectivity index (χ2v) is 7.52. The Morgan fingerprint density at radius 1 is 1.07 bits per heavy atom. The molecule has 3 rings (SSSR count). The van der Waals surface area contributed by atoms with E-state index in [-0.39, 0.29) is 5.91 Å². The van der Waals surface area contributed by atoms with Crippen LogP contribution >= 0.6 is 24.0 Å². The smallest absolute Gasteiger partial charge is 0.266 e. The Morgan fingerprint density at radius 3 is 2.52 bits per heavy atom. The van der Waals surface area contributed by atoms with Gasteiger partial charge in [-0.2, -0.15) is 0 Å². The molecule has 2 aromatic rings. The molecule has 1 aliphatic heterocycles. The summed E-state index contributed by atoms with van der Waals surface area (Å²) < 4.78 is 12.3. The van der Waals surface area contributed by atoms with Gasteiger partial charge in [0.15, 0.2) is 11.5 Å². The highest BCUT2D eigenvalue weighted by molar-refractivity contribution is 8.26. The maximum absolute atomic E-state index is 12.4. The molecule has 27 heavy (non-hydrogen) atoms. The molecule has 0 bridgehead atoms. The van der Waals surface area contributed by atoms with E-state index in [0.29, 0.717) is 40.5 Å². The first-order chi connectivity index (χ1) is 13.1. The van der Waals surface area contributed by atoms with Crippen molar-refractivity contribution in [3.05, 3.63) is 64.6 Å². The lowest BCUT2D eigenvalue weighted by Gasteiger charge is -2.13. The number of thioether (sulfide) groups is 1. The minimum absolute atomic E-state index is 0.0464. The van der Waals surface area contributed by atoms with Gasteiger partial charge in [-0.3, -0.25) is 9.69 Å². The first-order valence-electron chi connectivity index (χ1n) is 8.81. The van der Waals surface area contributed by atoms with Crippen LogP contribution in [0.1, 0.15) is 25.0 Å². The van der Waals surface area contributed by atoms with Gasteiger partial charge in [-0.05, 0) is 43.2 Å². The summed E-state index contributed by atoms with van der Waals surface area (Å²) in [6.45, 7) is 5.43. The Bertz CT molecular complexity index is 865. The van der Waals surface area contributed by atoms with Crippen molar-refractivity contribution in [1.82, 2.24) is 4.90 Å². The van der Waals surface area contributed by atoms with Gasteiger partial charge in [-0.25, -0.2) is 0 Å². The van der Waals surface area contributed by atoms with Gasteiger partial charge in [0.1, 0.15) is 10.9 Å². The van der Waals surface area contributed by atoms with Gasteiger partial charge in [-0.15, -0.1) is 0 Å². The highest BCUT2D eigenvalue weighted by Crippen LogP contribution is 2.35. The molecule has 0 radical (unpaired) electrons. The molecule has 0 unspecified atom stereocenters. The summed E-state index contributed by atoms with van der Waals surface area (Å²) in [5.41, 5.74) is 1.97. The van der Waals surface area contributed by atoms with E-state index in [1.165, 1.54) is 11.8 Å². The van der Waals surface area contributed by atoms with Gasteiger partial charge < -0.3 is 9.47 Å². The van der Waals surface area contributed by atoms with Crippen LogP contribution in [0.2, 0.25) is 0 Å². The maximum atomic E-state index is 12.4. The number of ether oxygens (including phenoxy) is 2. The van der Waals surface area contributed by atoms with E-state index in [1.807, 2.05) is 68.5 Å². The normalized spacial score (nSPS) is 15.5. The number of amides is 1. The summed E-state index contributed by atoms with van der Waals surface area (Å²) in [7, 11) is 0. The van der Waals surface area contributed by atoms with E-state index in [4.69, 9.17) is 21.7 Å². The molecule has 0 aromatic heterocycles. The van der Waals surface area contributed by atoms with E-state index in [0.717, 1.165) is 11.1 Å². The number of carbonyl (C=O) groups is 1.